The van der Waals surface area contributed by atoms with E-state index in [1.165, 1.54) is 11.8 Å². The van der Waals surface area contributed by atoms with Crippen LogP contribution in [-0.2, 0) is 4.79 Å². The van der Waals surface area contributed by atoms with Crippen molar-refractivity contribution in [2.75, 3.05) is 18.5 Å². The van der Waals surface area contributed by atoms with Crippen LogP contribution in [0, 0.1) is 13.8 Å². The van der Waals surface area contributed by atoms with Crippen LogP contribution in [0.5, 0.6) is 11.5 Å². The van der Waals surface area contributed by atoms with Crippen molar-refractivity contribution in [1.82, 2.24) is 20.2 Å². The van der Waals surface area contributed by atoms with Gasteiger partial charge in [0.1, 0.15) is 13.2 Å². The van der Waals surface area contributed by atoms with Crippen LogP contribution in [0.15, 0.2) is 41.6 Å². The van der Waals surface area contributed by atoms with Crippen LogP contribution < -0.4 is 14.8 Å². The molecule has 1 aliphatic rings. The third kappa shape index (κ3) is 4.04. The summed E-state index contributed by atoms with van der Waals surface area (Å²) >= 11 is 1.30. The maximum Gasteiger partial charge on any atom is 0.237 e. The first kappa shape index (κ1) is 19.3. The number of ether oxygens (including phenoxy) is 2. The number of carbonyl (C=O) groups is 1. The summed E-state index contributed by atoms with van der Waals surface area (Å²) in [4.78, 5) is 12.7. The van der Waals surface area contributed by atoms with E-state index in [-0.39, 0.29) is 5.91 Å². The van der Waals surface area contributed by atoms with Crippen LogP contribution in [0.3, 0.4) is 0 Å². The molecule has 3 aromatic rings. The number of aryl methyl sites for hydroxylation is 1. The number of benzene rings is 2. The Labute approximate surface area is 172 Å². The van der Waals surface area contributed by atoms with Crippen LogP contribution >= 0.6 is 11.8 Å². The molecule has 2 aromatic carbocycles. The van der Waals surface area contributed by atoms with Gasteiger partial charge in [-0.3, -0.25) is 4.79 Å². The third-order valence-electron chi connectivity index (χ3n) is 4.71. The van der Waals surface area contributed by atoms with Crippen molar-refractivity contribution < 1.29 is 14.3 Å². The first-order valence-corrected chi connectivity index (χ1v) is 10.1. The van der Waals surface area contributed by atoms with Crippen molar-refractivity contribution in [1.29, 1.82) is 0 Å². The van der Waals surface area contributed by atoms with Crippen molar-refractivity contribution in [3.05, 3.63) is 47.5 Å². The van der Waals surface area contributed by atoms with Crippen LogP contribution in [-0.4, -0.2) is 44.6 Å². The molecule has 0 aliphatic carbocycles. The third-order valence-corrected chi connectivity index (χ3v) is 5.74. The van der Waals surface area contributed by atoms with Gasteiger partial charge in [-0.25, -0.2) is 0 Å². The van der Waals surface area contributed by atoms with E-state index in [0.717, 1.165) is 16.8 Å². The second-order valence-electron chi connectivity index (χ2n) is 6.70. The van der Waals surface area contributed by atoms with Crippen molar-refractivity contribution in [3.63, 3.8) is 0 Å². The quantitative estimate of drug-likeness (QED) is 0.645. The first-order valence-electron chi connectivity index (χ1n) is 9.25. The molecule has 0 spiro atoms. The smallest absolute Gasteiger partial charge is 0.237 e. The fraction of sp³-hybridized carbons (Fsp3) is 0.300. The lowest BCUT2D eigenvalue weighted by atomic mass is 10.1. The highest BCUT2D eigenvalue weighted by Crippen LogP contribution is 2.33. The maximum atomic E-state index is 12.7. The average molecular weight is 411 g/mol. The lowest BCUT2D eigenvalue weighted by Crippen LogP contribution is -2.23. The largest absolute Gasteiger partial charge is 0.486 e. The van der Waals surface area contributed by atoms with Crippen LogP contribution in [0.1, 0.15) is 18.1 Å². The lowest BCUT2D eigenvalue weighted by Gasteiger charge is -2.19. The monoisotopic (exact) mass is 411 g/mol. The minimum absolute atomic E-state index is 0.151. The molecule has 2 heterocycles. The molecule has 0 radical (unpaired) electrons. The molecule has 1 amide bonds. The van der Waals surface area contributed by atoms with Crippen molar-refractivity contribution in [3.8, 4) is 17.2 Å². The minimum Gasteiger partial charge on any atom is -0.486 e. The van der Waals surface area contributed by atoms with E-state index >= 15 is 0 Å². The summed E-state index contributed by atoms with van der Waals surface area (Å²) in [7, 11) is 0. The molecule has 0 bridgehead atoms. The van der Waals surface area contributed by atoms with Crippen LogP contribution in [0.2, 0.25) is 0 Å². The van der Waals surface area contributed by atoms with Gasteiger partial charge in [0.15, 0.2) is 11.5 Å². The Morgan fingerprint density at radius 2 is 1.97 bits per heavy atom. The van der Waals surface area contributed by atoms with Gasteiger partial charge >= 0.3 is 0 Å². The van der Waals surface area contributed by atoms with E-state index in [0.29, 0.717) is 35.6 Å². The summed E-state index contributed by atoms with van der Waals surface area (Å²) in [6.07, 6.45) is 0. The van der Waals surface area contributed by atoms with Crippen LogP contribution in [0.25, 0.3) is 5.69 Å². The lowest BCUT2D eigenvalue weighted by molar-refractivity contribution is -0.115. The number of fused-ring (bicyclic) bond motifs is 1. The Hall–Kier alpha value is -3.07. The van der Waals surface area contributed by atoms with Gasteiger partial charge in [0, 0.05) is 11.8 Å². The molecule has 1 aromatic heterocycles. The summed E-state index contributed by atoms with van der Waals surface area (Å²) in [5.41, 5.74) is 3.80. The Balaban J connectivity index is 1.47. The predicted octanol–water partition coefficient (Wildman–Crippen LogP) is 3.17. The van der Waals surface area contributed by atoms with E-state index < -0.39 is 5.25 Å². The second kappa shape index (κ2) is 8.12. The standard InChI is InChI=1S/C20H21N5O3S/c1-12-5-4-6-16(13(12)2)25-20(22-23-24-25)29-14(3)19(26)21-15-7-8-17-18(11-15)28-10-9-27-17/h4-8,11,14H,9-10H2,1-3H3,(H,21,26)/t14-/m1/s1. The van der Waals surface area contributed by atoms with Gasteiger partial charge in [-0.15, -0.1) is 5.10 Å². The molecule has 1 aliphatic heterocycles. The van der Waals surface area contributed by atoms with Crippen LogP contribution in [0.4, 0.5) is 5.69 Å². The number of tetrazole rings is 1. The molecule has 29 heavy (non-hydrogen) atoms. The molecule has 0 fully saturated rings. The fourth-order valence-corrected chi connectivity index (χ4v) is 3.75. The molecule has 0 saturated carbocycles. The number of anilines is 1. The summed E-state index contributed by atoms with van der Waals surface area (Å²) in [5.74, 6) is 1.17. The van der Waals surface area contributed by atoms with Gasteiger partial charge in [0.25, 0.3) is 0 Å². The van der Waals surface area contributed by atoms with E-state index in [1.54, 1.807) is 22.9 Å². The van der Waals surface area contributed by atoms with Crippen molar-refractivity contribution in [2.24, 2.45) is 0 Å². The zero-order chi connectivity index (χ0) is 20.4. The van der Waals surface area contributed by atoms with Gasteiger partial charge < -0.3 is 14.8 Å². The Morgan fingerprint density at radius 1 is 1.17 bits per heavy atom. The van der Waals surface area contributed by atoms with Gasteiger partial charge in [-0.05, 0) is 60.5 Å². The molecular weight excluding hydrogens is 390 g/mol. The molecular formula is C20H21N5O3S. The predicted molar refractivity (Wildman–Crippen MR) is 110 cm³/mol. The van der Waals surface area contributed by atoms with Gasteiger partial charge in [0.05, 0.1) is 10.9 Å². The van der Waals surface area contributed by atoms with E-state index in [1.807, 2.05) is 39.0 Å². The highest BCUT2D eigenvalue weighted by Gasteiger charge is 2.21. The molecule has 9 heteroatoms. The van der Waals surface area contributed by atoms with Crippen molar-refractivity contribution >= 4 is 23.4 Å². The molecule has 150 valence electrons. The Morgan fingerprint density at radius 3 is 2.79 bits per heavy atom. The summed E-state index contributed by atoms with van der Waals surface area (Å²) < 4.78 is 12.7. The number of rotatable bonds is 5. The van der Waals surface area contributed by atoms with E-state index in [2.05, 4.69) is 20.8 Å². The highest BCUT2D eigenvalue weighted by atomic mass is 32.2. The zero-order valence-electron chi connectivity index (χ0n) is 16.4. The van der Waals surface area contributed by atoms with Gasteiger partial charge in [-0.2, -0.15) is 4.68 Å². The number of amides is 1. The molecule has 1 N–H and O–H groups in total. The average Bonchev–Trinajstić information content (AvgIpc) is 3.17. The number of hydrogen-bond donors (Lipinski definition) is 1. The zero-order valence-corrected chi connectivity index (χ0v) is 17.2. The number of aromatic nitrogens is 4. The van der Waals surface area contributed by atoms with E-state index in [4.69, 9.17) is 9.47 Å². The molecule has 0 saturated heterocycles. The number of hydrogen-bond acceptors (Lipinski definition) is 7. The SMILES string of the molecule is Cc1cccc(-n2nnnc2S[C@H](C)C(=O)Nc2ccc3c(c2)OCCO3)c1C. The van der Waals surface area contributed by atoms with E-state index in [9.17, 15) is 4.79 Å². The summed E-state index contributed by atoms with van der Waals surface area (Å²) in [5, 5.41) is 15.1. The maximum absolute atomic E-state index is 12.7. The number of carbonyl (C=O) groups excluding carboxylic acids is 1. The van der Waals surface area contributed by atoms with Gasteiger partial charge in [-0.1, -0.05) is 23.9 Å². The fourth-order valence-electron chi connectivity index (χ4n) is 2.95. The normalized spacial score (nSPS) is 13.8. The van der Waals surface area contributed by atoms with Crippen molar-refractivity contribution in [2.45, 2.75) is 31.2 Å². The number of nitrogens with one attached hydrogen (secondary N) is 1. The molecule has 1 atom stereocenters. The topological polar surface area (TPSA) is 91.2 Å². The summed E-state index contributed by atoms with van der Waals surface area (Å²) in [6.45, 7) is 6.91. The number of nitrogens with zero attached hydrogens (tertiary/aromatic N) is 4. The highest BCUT2D eigenvalue weighted by molar-refractivity contribution is 8.00. The Bertz CT molecular complexity index is 1050. The molecule has 8 nitrogen and oxygen atoms in total. The molecule has 0 unspecified atom stereocenters. The summed E-state index contributed by atoms with van der Waals surface area (Å²) in [6, 6.07) is 11.3. The number of thioether (sulfide) groups is 1. The Kier molecular flexibility index (Phi) is 5.39. The second-order valence-corrected chi connectivity index (χ2v) is 8.01. The van der Waals surface area contributed by atoms with Gasteiger partial charge in [0.2, 0.25) is 11.1 Å². The first-order chi connectivity index (χ1) is 14.0. The minimum atomic E-state index is -0.405. The molecule has 4 rings (SSSR count).